The molecule has 2 aliphatic rings. The number of thioether (sulfide) groups is 1. The second-order valence-electron chi connectivity index (χ2n) is 3.93. The van der Waals surface area contributed by atoms with Crippen molar-refractivity contribution in [2.75, 3.05) is 18.8 Å². The summed E-state index contributed by atoms with van der Waals surface area (Å²) >= 11 is 1.99. The van der Waals surface area contributed by atoms with Crippen LogP contribution >= 0.6 is 11.8 Å². The molecule has 2 nitrogen and oxygen atoms in total. The maximum atomic E-state index is 8.09. The molecule has 74 valence electrons. The molecule has 2 fully saturated rings. The van der Waals surface area contributed by atoms with Gasteiger partial charge in [0.15, 0.2) is 0 Å². The van der Waals surface area contributed by atoms with Crippen molar-refractivity contribution in [1.82, 2.24) is 4.90 Å². The van der Waals surface area contributed by atoms with E-state index in [4.69, 9.17) is 5.41 Å². The molecule has 2 aliphatic heterocycles. The van der Waals surface area contributed by atoms with E-state index in [1.165, 1.54) is 37.9 Å². The Morgan fingerprint density at radius 3 is 2.54 bits per heavy atom. The second kappa shape index (κ2) is 4.36. The Kier molecular flexibility index (Phi) is 3.14. The Labute approximate surface area is 84.6 Å². The normalized spacial score (nSPS) is 29.2. The predicted molar refractivity (Wildman–Crippen MR) is 58.6 cm³/mol. The van der Waals surface area contributed by atoms with Gasteiger partial charge in [-0.05, 0) is 31.4 Å². The first-order valence-electron chi connectivity index (χ1n) is 5.33. The number of likely N-dealkylation sites (tertiary alicyclic amines) is 1. The van der Waals surface area contributed by atoms with Crippen molar-refractivity contribution in [3.05, 3.63) is 0 Å². The van der Waals surface area contributed by atoms with Crippen molar-refractivity contribution in [3.63, 3.8) is 0 Å². The summed E-state index contributed by atoms with van der Waals surface area (Å²) in [5.74, 6) is 2.18. The average molecular weight is 198 g/mol. The van der Waals surface area contributed by atoms with Crippen molar-refractivity contribution >= 4 is 17.6 Å². The zero-order chi connectivity index (χ0) is 9.10. The third-order valence-electron chi connectivity index (χ3n) is 2.93. The number of rotatable bonds is 1. The predicted octanol–water partition coefficient (Wildman–Crippen LogP) is 2.35. The molecule has 0 radical (unpaired) electrons. The molecule has 2 rings (SSSR count). The minimum atomic E-state index is 0.520. The molecular formula is C10H18N2S. The van der Waals surface area contributed by atoms with Gasteiger partial charge < -0.3 is 4.90 Å². The fourth-order valence-corrected chi connectivity index (χ4v) is 3.41. The van der Waals surface area contributed by atoms with Crippen LogP contribution in [0.5, 0.6) is 0 Å². The molecule has 1 atom stereocenters. The van der Waals surface area contributed by atoms with E-state index in [9.17, 15) is 0 Å². The largest absolute Gasteiger partial charge is 0.360 e. The van der Waals surface area contributed by atoms with Gasteiger partial charge in [-0.3, -0.25) is 5.41 Å². The monoisotopic (exact) mass is 198 g/mol. The zero-order valence-electron chi connectivity index (χ0n) is 8.09. The third-order valence-corrected chi connectivity index (χ3v) is 4.32. The molecule has 0 aliphatic carbocycles. The van der Waals surface area contributed by atoms with Crippen LogP contribution in [0.3, 0.4) is 0 Å². The lowest BCUT2D eigenvalue weighted by Gasteiger charge is -2.28. The summed E-state index contributed by atoms with van der Waals surface area (Å²) in [6.07, 6.45) is 6.50. The molecule has 0 spiro atoms. The van der Waals surface area contributed by atoms with Gasteiger partial charge in [-0.15, -0.1) is 0 Å². The molecule has 0 bridgehead atoms. The lowest BCUT2D eigenvalue weighted by Crippen LogP contribution is -2.36. The topological polar surface area (TPSA) is 27.1 Å². The van der Waals surface area contributed by atoms with Gasteiger partial charge in [-0.25, -0.2) is 0 Å². The fourth-order valence-electron chi connectivity index (χ4n) is 2.12. The van der Waals surface area contributed by atoms with E-state index < -0.39 is 0 Å². The van der Waals surface area contributed by atoms with Crippen molar-refractivity contribution in [2.45, 2.75) is 37.4 Å². The molecule has 2 saturated heterocycles. The number of hydrogen-bond donors (Lipinski definition) is 1. The lowest BCUT2D eigenvalue weighted by molar-refractivity contribution is 0.498. The quantitative estimate of drug-likeness (QED) is 0.517. The molecule has 13 heavy (non-hydrogen) atoms. The van der Waals surface area contributed by atoms with Crippen molar-refractivity contribution in [1.29, 1.82) is 5.41 Å². The summed E-state index contributed by atoms with van der Waals surface area (Å²) in [5.41, 5.74) is 0. The fraction of sp³-hybridized carbons (Fsp3) is 0.900. The van der Waals surface area contributed by atoms with Gasteiger partial charge in [-0.2, -0.15) is 11.8 Å². The van der Waals surface area contributed by atoms with Gasteiger partial charge >= 0.3 is 0 Å². The Balaban J connectivity index is 1.87. The molecule has 1 N–H and O–H groups in total. The van der Waals surface area contributed by atoms with Crippen LogP contribution in [-0.4, -0.2) is 34.8 Å². The van der Waals surface area contributed by atoms with Crippen LogP contribution in [-0.2, 0) is 0 Å². The molecular weight excluding hydrogens is 180 g/mol. The van der Waals surface area contributed by atoms with E-state index in [2.05, 4.69) is 4.90 Å². The highest BCUT2D eigenvalue weighted by molar-refractivity contribution is 8.00. The number of amidine groups is 1. The smallest absolute Gasteiger partial charge is 0.109 e. The van der Waals surface area contributed by atoms with Crippen LogP contribution < -0.4 is 0 Å². The summed E-state index contributed by atoms with van der Waals surface area (Å²) in [5, 5.41) is 8.61. The Bertz CT molecular complexity index is 181. The maximum absolute atomic E-state index is 8.09. The van der Waals surface area contributed by atoms with Crippen molar-refractivity contribution in [3.8, 4) is 0 Å². The maximum Gasteiger partial charge on any atom is 0.109 e. The van der Waals surface area contributed by atoms with E-state index in [1.807, 2.05) is 11.8 Å². The molecule has 0 aromatic rings. The van der Waals surface area contributed by atoms with Gasteiger partial charge in [0.1, 0.15) is 5.84 Å². The van der Waals surface area contributed by atoms with E-state index in [1.54, 1.807) is 0 Å². The van der Waals surface area contributed by atoms with Crippen LogP contribution in [0, 0.1) is 5.41 Å². The van der Waals surface area contributed by atoms with Crippen LogP contribution in [0.4, 0.5) is 0 Å². The van der Waals surface area contributed by atoms with Crippen LogP contribution in [0.2, 0.25) is 0 Å². The summed E-state index contributed by atoms with van der Waals surface area (Å²) in [6.45, 7) is 2.27. The molecule has 0 saturated carbocycles. The molecule has 0 aromatic carbocycles. The Morgan fingerprint density at radius 2 is 1.92 bits per heavy atom. The summed E-state index contributed by atoms with van der Waals surface area (Å²) in [7, 11) is 0. The highest BCUT2D eigenvalue weighted by atomic mass is 32.2. The second-order valence-corrected chi connectivity index (χ2v) is 5.25. The Hall–Kier alpha value is -0.180. The van der Waals surface area contributed by atoms with Gasteiger partial charge in [0.05, 0.1) is 5.25 Å². The van der Waals surface area contributed by atoms with E-state index in [0.29, 0.717) is 5.25 Å². The number of nitrogens with one attached hydrogen (secondary N) is 1. The standard InChI is InChI=1S/C10H18N2S/c11-10(12-6-2-3-7-12)9-5-1-4-8-13-9/h9,11H,1-8H2. The number of hydrogen-bond acceptors (Lipinski definition) is 2. The highest BCUT2D eigenvalue weighted by Gasteiger charge is 2.24. The Morgan fingerprint density at radius 1 is 1.15 bits per heavy atom. The summed E-state index contributed by atoms with van der Waals surface area (Å²) in [4.78, 5) is 2.28. The van der Waals surface area contributed by atoms with E-state index >= 15 is 0 Å². The van der Waals surface area contributed by atoms with Crippen molar-refractivity contribution < 1.29 is 0 Å². The molecule has 0 amide bonds. The first-order valence-corrected chi connectivity index (χ1v) is 6.38. The zero-order valence-corrected chi connectivity index (χ0v) is 8.91. The first kappa shape index (κ1) is 9.38. The van der Waals surface area contributed by atoms with Gasteiger partial charge in [0.2, 0.25) is 0 Å². The first-order chi connectivity index (χ1) is 6.38. The van der Waals surface area contributed by atoms with E-state index in [0.717, 1.165) is 18.9 Å². The van der Waals surface area contributed by atoms with Gasteiger partial charge in [0.25, 0.3) is 0 Å². The lowest BCUT2D eigenvalue weighted by atomic mass is 10.1. The molecule has 1 unspecified atom stereocenters. The molecule has 2 heterocycles. The molecule has 3 heteroatoms. The summed E-state index contributed by atoms with van der Waals surface area (Å²) < 4.78 is 0. The third kappa shape index (κ3) is 2.19. The highest BCUT2D eigenvalue weighted by Crippen LogP contribution is 2.27. The molecule has 0 aromatic heterocycles. The van der Waals surface area contributed by atoms with Gasteiger partial charge in [-0.1, -0.05) is 6.42 Å². The minimum Gasteiger partial charge on any atom is -0.360 e. The van der Waals surface area contributed by atoms with Crippen molar-refractivity contribution in [2.24, 2.45) is 0 Å². The van der Waals surface area contributed by atoms with Crippen LogP contribution in [0.25, 0.3) is 0 Å². The van der Waals surface area contributed by atoms with Crippen LogP contribution in [0.1, 0.15) is 32.1 Å². The SMILES string of the molecule is N=C(C1CCCCS1)N1CCCC1. The summed E-state index contributed by atoms with van der Waals surface area (Å²) in [6, 6.07) is 0. The van der Waals surface area contributed by atoms with Crippen LogP contribution in [0.15, 0.2) is 0 Å². The van der Waals surface area contributed by atoms with E-state index in [-0.39, 0.29) is 0 Å². The minimum absolute atomic E-state index is 0.520. The number of nitrogens with zero attached hydrogens (tertiary/aromatic N) is 1. The average Bonchev–Trinajstić information content (AvgIpc) is 2.71. The van der Waals surface area contributed by atoms with Gasteiger partial charge in [0, 0.05) is 13.1 Å².